The quantitative estimate of drug-likeness (QED) is 0.274. The number of benzene rings is 3. The monoisotopic (exact) mass is 528 g/mol. The average molecular weight is 529 g/mol. The molecule has 0 aliphatic carbocycles. The van der Waals surface area contributed by atoms with Crippen LogP contribution in [0.4, 0.5) is 0 Å². The van der Waals surface area contributed by atoms with Gasteiger partial charge < -0.3 is 14.3 Å². The van der Waals surface area contributed by atoms with Crippen LogP contribution in [0.1, 0.15) is 51.2 Å². The number of fused-ring (bicyclic) bond motifs is 2. The van der Waals surface area contributed by atoms with Crippen molar-refractivity contribution in [3.8, 4) is 0 Å². The first-order valence-electron chi connectivity index (χ1n) is 14.0. The van der Waals surface area contributed by atoms with E-state index in [0.717, 1.165) is 32.1 Å². The molecule has 0 radical (unpaired) electrons. The van der Waals surface area contributed by atoms with E-state index in [1.807, 2.05) is 0 Å². The lowest BCUT2D eigenvalue weighted by Gasteiger charge is -2.43. The summed E-state index contributed by atoms with van der Waals surface area (Å²) in [5.74, 6) is -1.04. The SMILES string of the molecule is CC(C)(C)[Si](OCCCc1ccccc1CC1C(C(=O)O)C2CC[C@@H]1O2)(c1ccccc1)c1ccccc1. The van der Waals surface area contributed by atoms with Crippen LogP contribution >= 0.6 is 0 Å². The van der Waals surface area contributed by atoms with E-state index in [4.69, 9.17) is 9.16 Å². The smallest absolute Gasteiger partial charge is 0.309 e. The van der Waals surface area contributed by atoms with Gasteiger partial charge in [-0.05, 0) is 58.6 Å². The number of hydrogen-bond donors (Lipinski definition) is 1. The van der Waals surface area contributed by atoms with Crippen LogP contribution in [0.25, 0.3) is 0 Å². The lowest BCUT2D eigenvalue weighted by atomic mass is 9.75. The molecule has 38 heavy (non-hydrogen) atoms. The molecular formula is C33H40O4Si. The fourth-order valence-electron chi connectivity index (χ4n) is 6.88. The van der Waals surface area contributed by atoms with E-state index in [2.05, 4.69) is 106 Å². The number of rotatable bonds is 10. The summed E-state index contributed by atoms with van der Waals surface area (Å²) < 4.78 is 13.1. The molecular weight excluding hydrogens is 488 g/mol. The molecule has 4 atom stereocenters. The van der Waals surface area contributed by atoms with Gasteiger partial charge in [-0.15, -0.1) is 0 Å². The molecule has 3 unspecified atom stereocenters. The van der Waals surface area contributed by atoms with E-state index in [-0.39, 0.29) is 29.1 Å². The molecule has 5 heteroatoms. The number of ether oxygens (including phenoxy) is 1. The van der Waals surface area contributed by atoms with Crippen molar-refractivity contribution in [2.24, 2.45) is 11.8 Å². The maximum atomic E-state index is 12.0. The molecule has 5 rings (SSSR count). The molecule has 2 fully saturated rings. The second-order valence-electron chi connectivity index (χ2n) is 11.9. The van der Waals surface area contributed by atoms with Crippen LogP contribution in [0.15, 0.2) is 84.9 Å². The number of carboxylic acid groups (broad SMARTS) is 1. The molecule has 2 aliphatic heterocycles. The number of aryl methyl sites for hydroxylation is 1. The second-order valence-corrected chi connectivity index (χ2v) is 16.2. The van der Waals surface area contributed by atoms with Gasteiger partial charge in [0, 0.05) is 12.5 Å². The van der Waals surface area contributed by atoms with Crippen LogP contribution in [0.2, 0.25) is 5.04 Å². The molecule has 0 aromatic heterocycles. The Hall–Kier alpha value is -2.73. The number of carboxylic acids is 1. The lowest BCUT2D eigenvalue weighted by Crippen LogP contribution is -2.66. The van der Waals surface area contributed by atoms with Crippen molar-refractivity contribution < 1.29 is 19.1 Å². The first-order valence-corrected chi connectivity index (χ1v) is 15.9. The van der Waals surface area contributed by atoms with Gasteiger partial charge in [0.15, 0.2) is 0 Å². The number of aliphatic carboxylic acids is 1. The molecule has 3 aromatic rings. The van der Waals surface area contributed by atoms with Gasteiger partial charge in [-0.2, -0.15) is 0 Å². The van der Waals surface area contributed by atoms with Crippen LogP contribution in [0.5, 0.6) is 0 Å². The summed E-state index contributed by atoms with van der Waals surface area (Å²) >= 11 is 0. The van der Waals surface area contributed by atoms with E-state index in [1.165, 1.54) is 21.5 Å². The van der Waals surface area contributed by atoms with Crippen molar-refractivity contribution in [2.75, 3.05) is 6.61 Å². The van der Waals surface area contributed by atoms with Crippen molar-refractivity contribution >= 4 is 24.7 Å². The first-order chi connectivity index (χ1) is 18.3. The third-order valence-corrected chi connectivity index (χ3v) is 13.7. The zero-order chi connectivity index (χ0) is 26.8. The molecule has 2 aliphatic rings. The van der Waals surface area contributed by atoms with Gasteiger partial charge in [-0.25, -0.2) is 0 Å². The van der Waals surface area contributed by atoms with Crippen molar-refractivity contribution in [3.63, 3.8) is 0 Å². The van der Waals surface area contributed by atoms with Crippen LogP contribution < -0.4 is 10.4 Å². The molecule has 0 spiro atoms. The van der Waals surface area contributed by atoms with Gasteiger partial charge in [-0.3, -0.25) is 4.79 Å². The highest BCUT2D eigenvalue weighted by Crippen LogP contribution is 2.45. The van der Waals surface area contributed by atoms with Crippen molar-refractivity contribution in [1.82, 2.24) is 0 Å². The number of hydrogen-bond acceptors (Lipinski definition) is 3. The van der Waals surface area contributed by atoms with E-state index in [9.17, 15) is 9.90 Å². The van der Waals surface area contributed by atoms with Crippen LogP contribution in [-0.4, -0.2) is 38.2 Å². The van der Waals surface area contributed by atoms with E-state index < -0.39 is 14.3 Å². The van der Waals surface area contributed by atoms with Crippen molar-refractivity contribution in [3.05, 3.63) is 96.1 Å². The number of carbonyl (C=O) groups is 1. The summed E-state index contributed by atoms with van der Waals surface area (Å²) in [7, 11) is -2.54. The van der Waals surface area contributed by atoms with Gasteiger partial charge in [0.1, 0.15) is 0 Å². The van der Waals surface area contributed by atoms with Crippen molar-refractivity contribution in [1.29, 1.82) is 0 Å². The van der Waals surface area contributed by atoms with Crippen molar-refractivity contribution in [2.45, 2.75) is 70.1 Å². The average Bonchev–Trinajstić information content (AvgIpc) is 3.52. The Morgan fingerprint density at radius 1 is 0.868 bits per heavy atom. The molecule has 4 nitrogen and oxygen atoms in total. The highest BCUT2D eigenvalue weighted by atomic mass is 28.4. The van der Waals surface area contributed by atoms with E-state index in [1.54, 1.807) is 0 Å². The topological polar surface area (TPSA) is 55.8 Å². The third-order valence-electron chi connectivity index (χ3n) is 8.61. The lowest BCUT2D eigenvalue weighted by molar-refractivity contribution is -0.144. The highest BCUT2D eigenvalue weighted by Gasteiger charge is 2.52. The maximum absolute atomic E-state index is 12.0. The predicted molar refractivity (Wildman–Crippen MR) is 155 cm³/mol. The Morgan fingerprint density at radius 2 is 1.42 bits per heavy atom. The van der Waals surface area contributed by atoms with Gasteiger partial charge in [0.2, 0.25) is 0 Å². The zero-order valence-electron chi connectivity index (χ0n) is 22.8. The van der Waals surface area contributed by atoms with Crippen LogP contribution in [0.3, 0.4) is 0 Å². The normalized spacial score (nSPS) is 23.0. The summed E-state index contributed by atoms with van der Waals surface area (Å²) in [5, 5.41) is 12.4. The molecule has 2 saturated heterocycles. The summed E-state index contributed by atoms with van der Waals surface area (Å²) in [4.78, 5) is 12.0. The fourth-order valence-corrected chi connectivity index (χ4v) is 11.5. The first kappa shape index (κ1) is 26.9. The molecule has 2 heterocycles. The van der Waals surface area contributed by atoms with Crippen LogP contribution in [-0.2, 0) is 26.8 Å². The Labute approximate surface area is 228 Å². The molecule has 3 aromatic carbocycles. The standard InChI is InChI=1S/C33H40O4Si/c1-33(2,3)38(26-16-6-4-7-17-26,27-18-8-5-9-19-27)36-22-12-15-24-13-10-11-14-25(24)23-28-29-20-21-30(37-29)31(28)32(34)35/h4-11,13-14,16-19,28-31H,12,15,20-23H2,1-3H3,(H,34,35)/t28?,29-,30?,31?/m0/s1. The second kappa shape index (κ2) is 11.2. The predicted octanol–water partition coefficient (Wildman–Crippen LogP) is 5.62. The molecule has 0 saturated carbocycles. The highest BCUT2D eigenvalue weighted by molar-refractivity contribution is 6.99. The summed E-state index contributed by atoms with van der Waals surface area (Å²) in [6.07, 6.45) is 4.41. The minimum Gasteiger partial charge on any atom is -0.481 e. The van der Waals surface area contributed by atoms with Gasteiger partial charge >= 0.3 is 5.97 Å². The van der Waals surface area contributed by atoms with Gasteiger partial charge in [0.05, 0.1) is 18.1 Å². The van der Waals surface area contributed by atoms with Gasteiger partial charge in [0.25, 0.3) is 8.32 Å². The Kier molecular flexibility index (Phi) is 7.89. The Bertz CT molecular complexity index is 1180. The largest absolute Gasteiger partial charge is 0.481 e. The van der Waals surface area contributed by atoms with Gasteiger partial charge in [-0.1, -0.05) is 106 Å². The Balaban J connectivity index is 1.33. The molecule has 200 valence electrons. The Morgan fingerprint density at radius 3 is 2.00 bits per heavy atom. The summed E-state index contributed by atoms with van der Waals surface area (Å²) in [5.41, 5.74) is 2.55. The summed E-state index contributed by atoms with van der Waals surface area (Å²) in [6, 6.07) is 30.1. The zero-order valence-corrected chi connectivity index (χ0v) is 23.8. The third kappa shape index (κ3) is 5.12. The van der Waals surface area contributed by atoms with E-state index >= 15 is 0 Å². The fraction of sp³-hybridized carbons (Fsp3) is 0.424. The molecule has 2 bridgehead atoms. The van der Waals surface area contributed by atoms with Crippen LogP contribution in [0, 0.1) is 11.8 Å². The molecule has 0 amide bonds. The minimum atomic E-state index is -2.54. The molecule has 1 N–H and O–H groups in total. The van der Waals surface area contributed by atoms with E-state index in [0.29, 0.717) is 6.61 Å². The summed E-state index contributed by atoms with van der Waals surface area (Å²) in [6.45, 7) is 7.61. The maximum Gasteiger partial charge on any atom is 0.309 e. The minimum absolute atomic E-state index is 0.0404.